The van der Waals surface area contributed by atoms with Crippen molar-refractivity contribution in [2.24, 2.45) is 0 Å². The van der Waals surface area contributed by atoms with Crippen LogP contribution in [-0.2, 0) is 6.54 Å². The highest BCUT2D eigenvalue weighted by molar-refractivity contribution is 5.56. The highest BCUT2D eigenvalue weighted by Gasteiger charge is 2.31. The second-order valence-electron chi connectivity index (χ2n) is 7.86. The van der Waals surface area contributed by atoms with Crippen LogP contribution in [0.15, 0.2) is 48.8 Å². The Morgan fingerprint density at radius 1 is 1.09 bits per heavy atom. The van der Waals surface area contributed by atoms with E-state index in [1.165, 1.54) is 29.2 Å². The Hall–Kier alpha value is -3.96. The third-order valence-electron chi connectivity index (χ3n) is 5.45. The maximum atomic E-state index is 14.6. The van der Waals surface area contributed by atoms with Crippen molar-refractivity contribution in [1.82, 2.24) is 29.5 Å². The van der Waals surface area contributed by atoms with E-state index in [9.17, 15) is 17.6 Å². The summed E-state index contributed by atoms with van der Waals surface area (Å²) in [6.45, 7) is 2.38. The number of rotatable bonds is 5. The van der Waals surface area contributed by atoms with Crippen LogP contribution < -0.4 is 10.1 Å². The third-order valence-corrected chi connectivity index (χ3v) is 5.45. The summed E-state index contributed by atoms with van der Waals surface area (Å²) in [5, 5.41) is 11.6. The van der Waals surface area contributed by atoms with E-state index in [-0.39, 0.29) is 17.4 Å². The number of halogens is 4. The monoisotopic (exact) mass is 473 g/mol. The minimum Gasteiger partial charge on any atom is -0.406 e. The van der Waals surface area contributed by atoms with Crippen molar-refractivity contribution in [3.63, 3.8) is 0 Å². The first-order valence-electron chi connectivity index (χ1n) is 10.5. The van der Waals surface area contributed by atoms with Gasteiger partial charge >= 0.3 is 6.36 Å². The maximum absolute atomic E-state index is 14.6. The van der Waals surface area contributed by atoms with Crippen molar-refractivity contribution < 1.29 is 22.3 Å². The highest BCUT2D eigenvalue weighted by atomic mass is 19.4. The number of alkyl halides is 3. The van der Waals surface area contributed by atoms with Gasteiger partial charge in [-0.2, -0.15) is 10.1 Å². The number of ether oxygens (including phenoxy) is 1. The Bertz CT molecular complexity index is 1310. The molecule has 5 rings (SSSR count). The summed E-state index contributed by atoms with van der Waals surface area (Å²) in [6, 6.07) is 10.4. The summed E-state index contributed by atoms with van der Waals surface area (Å²) in [6.07, 6.45) is -1.69. The fourth-order valence-electron chi connectivity index (χ4n) is 3.98. The number of aryl methyl sites for hydroxylation is 2. The number of fused-ring (bicyclic) bond motifs is 1. The van der Waals surface area contributed by atoms with Crippen LogP contribution in [0.25, 0.3) is 5.69 Å². The number of benzene rings is 2. The topological polar surface area (TPSA) is 82.7 Å². The molecule has 0 saturated heterocycles. The first-order valence-corrected chi connectivity index (χ1v) is 10.5. The standard InChI is InChI=1S/C22H19F4N7O/c1-13-27-12-33(30-13)19-9-6-15(11-18(19)23)28-21-29-20-17(3-2-10-32(20)31-21)14-4-7-16(8-5-14)34-22(24,25)26/h4-9,11-12,17H,2-3,10H2,1H3,(H,28,31)/t17-/m1/s1. The minimum absolute atomic E-state index is 0.133. The van der Waals surface area contributed by atoms with Gasteiger partial charge in [-0.25, -0.2) is 18.7 Å². The maximum Gasteiger partial charge on any atom is 0.573 e. The molecular weight excluding hydrogens is 454 g/mol. The van der Waals surface area contributed by atoms with Gasteiger partial charge in [0.1, 0.15) is 29.4 Å². The zero-order chi connectivity index (χ0) is 23.9. The van der Waals surface area contributed by atoms with Crippen molar-refractivity contribution in [3.8, 4) is 11.4 Å². The Labute approximate surface area is 191 Å². The summed E-state index contributed by atoms with van der Waals surface area (Å²) in [4.78, 5) is 8.58. The van der Waals surface area contributed by atoms with Crippen LogP contribution in [-0.4, -0.2) is 35.9 Å². The molecule has 0 unspecified atom stereocenters. The lowest BCUT2D eigenvalue weighted by atomic mass is 9.91. The Kier molecular flexibility index (Phi) is 5.42. The molecule has 12 heteroatoms. The molecule has 3 heterocycles. The lowest BCUT2D eigenvalue weighted by Crippen LogP contribution is -2.18. The summed E-state index contributed by atoms with van der Waals surface area (Å²) >= 11 is 0. The number of hydrogen-bond donors (Lipinski definition) is 1. The molecule has 2 aromatic carbocycles. The Balaban J connectivity index is 1.35. The van der Waals surface area contributed by atoms with Crippen LogP contribution in [0, 0.1) is 12.7 Å². The van der Waals surface area contributed by atoms with Crippen molar-refractivity contribution in [2.45, 2.75) is 38.6 Å². The molecule has 0 amide bonds. The van der Waals surface area contributed by atoms with Crippen molar-refractivity contribution >= 4 is 11.6 Å². The molecule has 2 aromatic heterocycles. The first-order chi connectivity index (χ1) is 16.2. The summed E-state index contributed by atoms with van der Waals surface area (Å²) in [5.41, 5.74) is 1.54. The van der Waals surface area contributed by atoms with E-state index in [0.29, 0.717) is 29.8 Å². The van der Waals surface area contributed by atoms with Gasteiger partial charge in [-0.3, -0.25) is 0 Å². The molecule has 176 valence electrons. The second-order valence-corrected chi connectivity index (χ2v) is 7.86. The molecule has 0 spiro atoms. The SMILES string of the molecule is Cc1ncn(-c2ccc(Nc3nc4n(n3)CCC[C@@H]4c3ccc(OC(F)(F)F)cc3)cc2F)n1. The molecule has 0 aliphatic carbocycles. The van der Waals surface area contributed by atoms with Crippen molar-refractivity contribution in [3.05, 3.63) is 71.8 Å². The van der Waals surface area contributed by atoms with E-state index in [1.54, 1.807) is 35.9 Å². The van der Waals surface area contributed by atoms with Gasteiger partial charge in [0, 0.05) is 18.2 Å². The Morgan fingerprint density at radius 2 is 1.88 bits per heavy atom. The fourth-order valence-corrected chi connectivity index (χ4v) is 3.98. The van der Waals surface area contributed by atoms with Crippen LogP contribution in [0.2, 0.25) is 0 Å². The quantitative estimate of drug-likeness (QED) is 0.417. The van der Waals surface area contributed by atoms with Gasteiger partial charge in [0.25, 0.3) is 0 Å². The molecular formula is C22H19F4N7O. The van der Waals surface area contributed by atoms with E-state index < -0.39 is 12.2 Å². The molecule has 0 bridgehead atoms. The first kappa shape index (κ1) is 21.9. The van der Waals surface area contributed by atoms with Gasteiger partial charge in [0.15, 0.2) is 5.82 Å². The average molecular weight is 473 g/mol. The summed E-state index contributed by atoms with van der Waals surface area (Å²) < 4.78 is 59.0. The van der Waals surface area contributed by atoms with Crippen molar-refractivity contribution in [2.75, 3.05) is 5.32 Å². The summed E-state index contributed by atoms with van der Waals surface area (Å²) in [7, 11) is 0. The zero-order valence-corrected chi connectivity index (χ0v) is 17.9. The molecule has 0 fully saturated rings. The number of aromatic nitrogens is 6. The van der Waals surface area contributed by atoms with E-state index in [4.69, 9.17) is 0 Å². The third kappa shape index (κ3) is 4.56. The fraction of sp³-hybridized carbons (Fsp3) is 0.273. The van der Waals surface area contributed by atoms with E-state index in [1.807, 2.05) is 0 Å². The lowest BCUT2D eigenvalue weighted by molar-refractivity contribution is -0.274. The largest absolute Gasteiger partial charge is 0.573 e. The molecule has 34 heavy (non-hydrogen) atoms. The average Bonchev–Trinajstić information content (AvgIpc) is 3.39. The number of anilines is 2. The highest BCUT2D eigenvalue weighted by Crippen LogP contribution is 2.34. The number of nitrogens with zero attached hydrogens (tertiary/aromatic N) is 6. The van der Waals surface area contributed by atoms with Crippen LogP contribution in [0.5, 0.6) is 5.75 Å². The van der Waals surface area contributed by atoms with Crippen LogP contribution in [0.4, 0.5) is 29.2 Å². The number of hydrogen-bond acceptors (Lipinski definition) is 6. The molecule has 1 aliphatic heterocycles. The summed E-state index contributed by atoms with van der Waals surface area (Å²) in [5.74, 6) is 0.634. The molecule has 8 nitrogen and oxygen atoms in total. The van der Waals surface area contributed by atoms with Crippen LogP contribution in [0.1, 0.15) is 36.0 Å². The van der Waals surface area contributed by atoms with E-state index >= 15 is 0 Å². The normalized spacial score (nSPS) is 15.7. The van der Waals surface area contributed by atoms with Crippen LogP contribution >= 0.6 is 0 Å². The molecule has 4 aromatic rings. The predicted octanol–water partition coefficient (Wildman–Crippen LogP) is 4.87. The predicted molar refractivity (Wildman–Crippen MR) is 114 cm³/mol. The van der Waals surface area contributed by atoms with E-state index in [0.717, 1.165) is 18.4 Å². The zero-order valence-electron chi connectivity index (χ0n) is 17.9. The second kappa shape index (κ2) is 8.43. The van der Waals surface area contributed by atoms with E-state index in [2.05, 4.69) is 30.2 Å². The van der Waals surface area contributed by atoms with Gasteiger partial charge in [-0.15, -0.1) is 18.3 Å². The molecule has 0 saturated carbocycles. The molecule has 1 atom stereocenters. The van der Waals surface area contributed by atoms with Crippen LogP contribution in [0.3, 0.4) is 0 Å². The molecule has 0 radical (unpaired) electrons. The molecule has 1 aliphatic rings. The minimum atomic E-state index is -4.74. The lowest BCUT2D eigenvalue weighted by Gasteiger charge is -2.22. The smallest absolute Gasteiger partial charge is 0.406 e. The number of nitrogens with one attached hydrogen (secondary N) is 1. The molecule has 1 N–H and O–H groups in total. The van der Waals surface area contributed by atoms with Crippen molar-refractivity contribution in [1.29, 1.82) is 0 Å². The van der Waals surface area contributed by atoms with Gasteiger partial charge in [0.2, 0.25) is 5.95 Å². The van der Waals surface area contributed by atoms with Gasteiger partial charge < -0.3 is 10.1 Å². The van der Waals surface area contributed by atoms with Gasteiger partial charge in [-0.05, 0) is 55.7 Å². The van der Waals surface area contributed by atoms with Gasteiger partial charge in [-0.1, -0.05) is 12.1 Å². The van der Waals surface area contributed by atoms with Gasteiger partial charge in [0.05, 0.1) is 0 Å². The Morgan fingerprint density at radius 3 is 2.56 bits per heavy atom.